The minimum atomic E-state index is 0.0347. The number of halogens is 2. The van der Waals surface area contributed by atoms with Gasteiger partial charge in [0.25, 0.3) is 0 Å². The summed E-state index contributed by atoms with van der Waals surface area (Å²) in [5.74, 6) is 0. The van der Waals surface area contributed by atoms with Crippen molar-refractivity contribution in [1.82, 2.24) is 4.57 Å². The molecule has 6 heteroatoms. The summed E-state index contributed by atoms with van der Waals surface area (Å²) in [7, 11) is 0. The second-order valence-corrected chi connectivity index (χ2v) is 7.19. The Kier molecular flexibility index (Phi) is 5.97. The largest absolute Gasteiger partial charge is 0.395 e. The fraction of sp³-hybridized carbons (Fsp3) is 0.211. The maximum absolute atomic E-state index is 9.46. The van der Waals surface area contributed by atoms with Crippen LogP contribution in [0.3, 0.4) is 0 Å². The molecule has 0 unspecified atom stereocenters. The molecule has 3 aromatic rings. The van der Waals surface area contributed by atoms with Crippen LogP contribution in [0.15, 0.2) is 52.8 Å². The van der Waals surface area contributed by atoms with Gasteiger partial charge in [0.1, 0.15) is 0 Å². The van der Waals surface area contributed by atoms with Crippen molar-refractivity contribution >= 4 is 40.2 Å². The number of thiazole rings is 1. The number of aryl methyl sites for hydroxylation is 1. The highest BCUT2D eigenvalue weighted by atomic mass is 35.5. The molecule has 0 saturated carbocycles. The fourth-order valence-electron chi connectivity index (χ4n) is 2.54. The van der Waals surface area contributed by atoms with Crippen LogP contribution in [0.5, 0.6) is 0 Å². The molecule has 0 amide bonds. The van der Waals surface area contributed by atoms with Crippen molar-refractivity contribution in [3.05, 3.63) is 68.3 Å². The van der Waals surface area contributed by atoms with Crippen LogP contribution in [-0.2, 0) is 13.0 Å². The fourth-order valence-corrected chi connectivity index (χ4v) is 3.79. The monoisotopic (exact) mass is 392 g/mol. The molecule has 0 bridgehead atoms. The third-order valence-electron chi connectivity index (χ3n) is 3.91. The Bertz CT molecular complexity index is 929. The van der Waals surface area contributed by atoms with Crippen LogP contribution in [0, 0.1) is 0 Å². The molecule has 0 aliphatic carbocycles. The maximum atomic E-state index is 9.46. The number of aromatic nitrogens is 1. The van der Waals surface area contributed by atoms with Gasteiger partial charge in [-0.3, -0.25) is 0 Å². The standard InChI is InChI=1S/C19H18Cl2N2OS/c1-2-13-3-6-15(7-4-13)22-19-23(9-10-24)18(12-25-19)14-5-8-16(20)17(21)11-14/h3-8,11-12,24H,2,9-10H2,1H3. The van der Waals surface area contributed by atoms with Gasteiger partial charge in [-0.05, 0) is 36.2 Å². The lowest BCUT2D eigenvalue weighted by Crippen LogP contribution is -2.17. The van der Waals surface area contributed by atoms with E-state index in [1.165, 1.54) is 16.9 Å². The lowest BCUT2D eigenvalue weighted by atomic mass is 10.1. The molecule has 0 aliphatic heterocycles. The van der Waals surface area contributed by atoms with Crippen LogP contribution < -0.4 is 4.80 Å². The Balaban J connectivity index is 2.07. The Hall–Kier alpha value is -1.59. The molecular formula is C19H18Cl2N2OS. The average Bonchev–Trinajstić information content (AvgIpc) is 3.01. The van der Waals surface area contributed by atoms with Gasteiger partial charge in [0.05, 0.1) is 28.0 Å². The molecule has 25 heavy (non-hydrogen) atoms. The van der Waals surface area contributed by atoms with Crippen molar-refractivity contribution in [2.75, 3.05) is 6.61 Å². The molecule has 0 saturated heterocycles. The quantitative estimate of drug-likeness (QED) is 0.627. The van der Waals surface area contributed by atoms with Gasteiger partial charge in [0, 0.05) is 17.5 Å². The van der Waals surface area contributed by atoms with E-state index in [-0.39, 0.29) is 6.61 Å². The highest BCUT2D eigenvalue weighted by molar-refractivity contribution is 7.07. The van der Waals surface area contributed by atoms with Crippen LogP contribution >= 0.6 is 34.5 Å². The van der Waals surface area contributed by atoms with E-state index in [4.69, 9.17) is 28.2 Å². The number of benzene rings is 2. The summed E-state index contributed by atoms with van der Waals surface area (Å²) in [4.78, 5) is 5.57. The number of nitrogens with zero attached hydrogens (tertiary/aromatic N) is 2. The first kappa shape index (κ1) is 18.2. The van der Waals surface area contributed by atoms with Gasteiger partial charge in [0.15, 0.2) is 4.80 Å². The summed E-state index contributed by atoms with van der Waals surface area (Å²) in [5.41, 5.74) is 4.08. The van der Waals surface area contributed by atoms with Gasteiger partial charge < -0.3 is 9.67 Å². The minimum absolute atomic E-state index is 0.0347. The van der Waals surface area contributed by atoms with E-state index in [1.54, 1.807) is 6.07 Å². The normalized spacial score (nSPS) is 11.9. The minimum Gasteiger partial charge on any atom is -0.395 e. The van der Waals surface area contributed by atoms with Crippen molar-refractivity contribution in [2.24, 2.45) is 4.99 Å². The number of hydrogen-bond donors (Lipinski definition) is 1. The summed E-state index contributed by atoms with van der Waals surface area (Å²) in [6.45, 7) is 2.63. The Morgan fingerprint density at radius 3 is 2.48 bits per heavy atom. The van der Waals surface area contributed by atoms with Crippen LogP contribution in [0.1, 0.15) is 12.5 Å². The van der Waals surface area contributed by atoms with Gasteiger partial charge in [-0.15, -0.1) is 11.3 Å². The Labute approximate surface area is 160 Å². The Morgan fingerprint density at radius 1 is 1.08 bits per heavy atom. The summed E-state index contributed by atoms with van der Waals surface area (Å²) in [6.07, 6.45) is 1.01. The van der Waals surface area contributed by atoms with Gasteiger partial charge >= 0.3 is 0 Å². The highest BCUT2D eigenvalue weighted by Gasteiger charge is 2.09. The lowest BCUT2D eigenvalue weighted by Gasteiger charge is -2.08. The predicted molar refractivity (Wildman–Crippen MR) is 106 cm³/mol. The van der Waals surface area contributed by atoms with Crippen LogP contribution in [0.25, 0.3) is 11.3 Å². The zero-order valence-corrected chi connectivity index (χ0v) is 16.1. The van der Waals surface area contributed by atoms with Crippen LogP contribution in [0.2, 0.25) is 10.0 Å². The third kappa shape index (κ3) is 4.15. The zero-order valence-electron chi connectivity index (χ0n) is 13.7. The summed E-state index contributed by atoms with van der Waals surface area (Å²) in [6, 6.07) is 13.7. The molecule has 0 radical (unpaired) electrons. The van der Waals surface area contributed by atoms with Crippen LogP contribution in [0.4, 0.5) is 5.69 Å². The van der Waals surface area contributed by atoms with E-state index >= 15 is 0 Å². The van der Waals surface area contributed by atoms with Crippen LogP contribution in [-0.4, -0.2) is 16.3 Å². The van der Waals surface area contributed by atoms with Gasteiger partial charge in [0.2, 0.25) is 0 Å². The average molecular weight is 393 g/mol. The molecule has 1 heterocycles. The predicted octanol–water partition coefficient (Wildman–Crippen LogP) is 5.31. The molecule has 2 aromatic carbocycles. The molecule has 1 aromatic heterocycles. The maximum Gasteiger partial charge on any atom is 0.190 e. The molecule has 0 atom stereocenters. The van der Waals surface area contributed by atoms with E-state index in [0.717, 1.165) is 28.2 Å². The highest BCUT2D eigenvalue weighted by Crippen LogP contribution is 2.29. The number of hydrogen-bond acceptors (Lipinski definition) is 3. The first-order valence-corrected chi connectivity index (χ1v) is 9.64. The van der Waals surface area contributed by atoms with Gasteiger partial charge in [-0.1, -0.05) is 48.3 Å². The number of aliphatic hydroxyl groups is 1. The van der Waals surface area contributed by atoms with Crippen molar-refractivity contribution in [2.45, 2.75) is 19.9 Å². The first-order chi connectivity index (χ1) is 12.1. The van der Waals surface area contributed by atoms with E-state index < -0.39 is 0 Å². The molecule has 0 aliphatic rings. The van der Waals surface area contributed by atoms with E-state index in [1.807, 2.05) is 34.2 Å². The first-order valence-electron chi connectivity index (χ1n) is 8.00. The second-order valence-electron chi connectivity index (χ2n) is 5.54. The SMILES string of the molecule is CCc1ccc(N=c2scc(-c3ccc(Cl)c(Cl)c3)n2CCO)cc1. The summed E-state index contributed by atoms with van der Waals surface area (Å²) < 4.78 is 2.00. The topological polar surface area (TPSA) is 37.5 Å². The smallest absolute Gasteiger partial charge is 0.190 e. The van der Waals surface area contributed by atoms with Crippen molar-refractivity contribution in [1.29, 1.82) is 0 Å². The van der Waals surface area contributed by atoms with Gasteiger partial charge in [-0.2, -0.15) is 0 Å². The van der Waals surface area contributed by atoms with Crippen molar-refractivity contribution < 1.29 is 5.11 Å². The molecule has 0 spiro atoms. The zero-order chi connectivity index (χ0) is 17.8. The molecule has 3 rings (SSSR count). The van der Waals surface area contributed by atoms with E-state index in [9.17, 15) is 5.11 Å². The number of rotatable bonds is 5. The molecule has 1 N–H and O–H groups in total. The number of aliphatic hydroxyl groups excluding tert-OH is 1. The summed E-state index contributed by atoms with van der Waals surface area (Å²) >= 11 is 13.7. The van der Waals surface area contributed by atoms with Crippen molar-refractivity contribution in [3.8, 4) is 11.3 Å². The molecular weight excluding hydrogens is 375 g/mol. The lowest BCUT2D eigenvalue weighted by molar-refractivity contribution is 0.275. The third-order valence-corrected chi connectivity index (χ3v) is 5.51. The Morgan fingerprint density at radius 2 is 1.84 bits per heavy atom. The molecule has 130 valence electrons. The van der Waals surface area contributed by atoms with E-state index in [0.29, 0.717) is 16.6 Å². The van der Waals surface area contributed by atoms with Crippen molar-refractivity contribution in [3.63, 3.8) is 0 Å². The molecule has 0 fully saturated rings. The summed E-state index contributed by atoms with van der Waals surface area (Å²) in [5, 5.41) is 12.5. The van der Waals surface area contributed by atoms with E-state index in [2.05, 4.69) is 19.1 Å². The molecule has 3 nitrogen and oxygen atoms in total. The second kappa shape index (κ2) is 8.19. The van der Waals surface area contributed by atoms with Gasteiger partial charge in [-0.25, -0.2) is 4.99 Å².